The molecule has 2 aromatic heterocycles. The molecule has 0 aliphatic carbocycles. The number of likely N-dealkylation sites (tertiary alicyclic amines) is 1. The number of nitrogens with zero attached hydrogens (tertiary/aromatic N) is 2. The topological polar surface area (TPSA) is 79.7 Å². The maximum Gasteiger partial charge on any atom is 0.295 e. The molecule has 0 radical (unpaired) electrons. The fraction of sp³-hybridized carbons (Fsp3) is 0.208. The molecule has 0 bridgehead atoms. The maximum atomic E-state index is 13.0. The monoisotopic (exact) mass is 434 g/mol. The fourth-order valence-electron chi connectivity index (χ4n) is 3.58. The first-order valence-electron chi connectivity index (χ1n) is 10.0. The van der Waals surface area contributed by atoms with Gasteiger partial charge >= 0.3 is 0 Å². The fourth-order valence-corrected chi connectivity index (χ4v) is 4.28. The Bertz CT molecular complexity index is 1090. The van der Waals surface area contributed by atoms with Crippen molar-refractivity contribution < 1.29 is 19.4 Å². The van der Waals surface area contributed by atoms with Crippen LogP contribution in [0.5, 0.6) is 5.75 Å². The number of aliphatic hydroxyl groups is 1. The SMILES string of the molecule is CCCOc1ccc(/C(O)=C2/C(=O)C(=O)N(Cc3cccs3)C2c2cccnc2)cc1. The standard InChI is InChI=1S/C24H22N2O4S/c1-2-12-30-18-9-7-16(8-10-18)22(27)20-21(17-5-3-11-25-14-17)26(24(29)23(20)28)15-19-6-4-13-31-19/h3-11,13-14,21,27H,2,12,15H2,1H3/b22-20-. The molecular weight excluding hydrogens is 412 g/mol. The van der Waals surface area contributed by atoms with Crippen molar-refractivity contribution in [2.24, 2.45) is 0 Å². The van der Waals surface area contributed by atoms with E-state index < -0.39 is 17.7 Å². The summed E-state index contributed by atoms with van der Waals surface area (Å²) in [7, 11) is 0. The van der Waals surface area contributed by atoms with E-state index in [2.05, 4.69) is 4.98 Å². The van der Waals surface area contributed by atoms with Gasteiger partial charge in [0.2, 0.25) is 0 Å². The normalized spacial score (nSPS) is 17.8. The van der Waals surface area contributed by atoms with E-state index in [1.807, 2.05) is 24.4 Å². The lowest BCUT2D eigenvalue weighted by molar-refractivity contribution is -0.140. The Morgan fingerprint density at radius 3 is 2.61 bits per heavy atom. The summed E-state index contributed by atoms with van der Waals surface area (Å²) in [5.41, 5.74) is 1.19. The van der Waals surface area contributed by atoms with Crippen LogP contribution in [0.4, 0.5) is 0 Å². The number of hydrogen-bond acceptors (Lipinski definition) is 6. The van der Waals surface area contributed by atoms with Gasteiger partial charge in [0.1, 0.15) is 11.5 Å². The van der Waals surface area contributed by atoms with E-state index in [0.29, 0.717) is 23.5 Å². The van der Waals surface area contributed by atoms with E-state index in [1.54, 1.807) is 48.8 Å². The predicted molar refractivity (Wildman–Crippen MR) is 119 cm³/mol. The number of carbonyl (C=O) groups excluding carboxylic acids is 2. The molecule has 1 N–H and O–H groups in total. The Morgan fingerprint density at radius 2 is 1.97 bits per heavy atom. The van der Waals surface area contributed by atoms with Gasteiger partial charge in [-0.3, -0.25) is 14.6 Å². The summed E-state index contributed by atoms with van der Waals surface area (Å²) in [4.78, 5) is 32.5. The van der Waals surface area contributed by atoms with E-state index in [9.17, 15) is 14.7 Å². The van der Waals surface area contributed by atoms with E-state index >= 15 is 0 Å². The number of ketones is 1. The van der Waals surface area contributed by atoms with Gasteiger partial charge < -0.3 is 14.7 Å². The van der Waals surface area contributed by atoms with E-state index in [4.69, 9.17) is 4.74 Å². The molecule has 1 saturated heterocycles. The molecule has 1 unspecified atom stereocenters. The summed E-state index contributed by atoms with van der Waals surface area (Å²) in [6, 6.07) is 13.5. The number of rotatable bonds is 7. The first-order valence-corrected chi connectivity index (χ1v) is 10.9. The predicted octanol–water partition coefficient (Wildman–Crippen LogP) is 4.55. The van der Waals surface area contributed by atoms with Gasteiger partial charge in [0.05, 0.1) is 24.8 Å². The van der Waals surface area contributed by atoms with Crippen molar-refractivity contribution in [2.45, 2.75) is 25.9 Å². The quantitative estimate of drug-likeness (QED) is 0.335. The highest BCUT2D eigenvalue weighted by molar-refractivity contribution is 7.09. The Kier molecular flexibility index (Phi) is 6.13. The van der Waals surface area contributed by atoms with Gasteiger partial charge in [0, 0.05) is 22.8 Å². The van der Waals surface area contributed by atoms with Gasteiger partial charge in [-0.2, -0.15) is 0 Å². The maximum absolute atomic E-state index is 13.0. The lowest BCUT2D eigenvalue weighted by Gasteiger charge is -2.24. The number of carbonyl (C=O) groups is 2. The summed E-state index contributed by atoms with van der Waals surface area (Å²) >= 11 is 1.51. The number of hydrogen-bond donors (Lipinski definition) is 1. The third-order valence-corrected chi connectivity index (χ3v) is 5.91. The molecule has 0 spiro atoms. The van der Waals surface area contributed by atoms with Gasteiger partial charge in [0.15, 0.2) is 0 Å². The second-order valence-corrected chi connectivity index (χ2v) is 8.20. The molecule has 1 aliphatic rings. The molecule has 1 atom stereocenters. The minimum absolute atomic E-state index is 0.0665. The summed E-state index contributed by atoms with van der Waals surface area (Å²) in [5.74, 6) is -0.857. The second kappa shape index (κ2) is 9.14. The van der Waals surface area contributed by atoms with Crippen molar-refractivity contribution in [3.05, 3.63) is 87.9 Å². The van der Waals surface area contributed by atoms with Crippen LogP contribution < -0.4 is 4.74 Å². The molecule has 31 heavy (non-hydrogen) atoms. The van der Waals surface area contributed by atoms with Crippen molar-refractivity contribution in [3.63, 3.8) is 0 Å². The van der Waals surface area contributed by atoms with Crippen molar-refractivity contribution >= 4 is 28.8 Å². The molecule has 1 aliphatic heterocycles. The first-order chi connectivity index (χ1) is 15.1. The molecule has 1 fully saturated rings. The second-order valence-electron chi connectivity index (χ2n) is 7.17. The number of thiophene rings is 1. The molecule has 158 valence electrons. The van der Waals surface area contributed by atoms with Crippen LogP contribution in [-0.4, -0.2) is 33.3 Å². The van der Waals surface area contributed by atoms with Gasteiger partial charge in [-0.15, -0.1) is 11.3 Å². The third-order valence-electron chi connectivity index (χ3n) is 5.05. The van der Waals surface area contributed by atoms with Crippen molar-refractivity contribution in [2.75, 3.05) is 6.61 Å². The van der Waals surface area contributed by atoms with Crippen molar-refractivity contribution in [3.8, 4) is 5.75 Å². The van der Waals surface area contributed by atoms with E-state index in [-0.39, 0.29) is 17.9 Å². The number of pyridine rings is 1. The molecule has 1 aromatic carbocycles. The van der Waals surface area contributed by atoms with Gasteiger partial charge in [0.25, 0.3) is 11.7 Å². The number of aliphatic hydroxyl groups excluding tert-OH is 1. The molecule has 6 nitrogen and oxygen atoms in total. The molecule has 0 saturated carbocycles. The van der Waals surface area contributed by atoms with Crippen LogP contribution in [0, 0.1) is 0 Å². The summed E-state index contributed by atoms with van der Waals surface area (Å²) in [6.45, 7) is 2.90. The van der Waals surface area contributed by atoms with Gasteiger partial charge in [-0.1, -0.05) is 19.1 Å². The number of ether oxygens (including phenoxy) is 1. The lowest BCUT2D eigenvalue weighted by atomic mass is 9.96. The third kappa shape index (κ3) is 4.22. The number of aromatic nitrogens is 1. The highest BCUT2D eigenvalue weighted by Gasteiger charge is 2.46. The van der Waals surface area contributed by atoms with Crippen molar-refractivity contribution in [1.82, 2.24) is 9.88 Å². The van der Waals surface area contributed by atoms with E-state index in [0.717, 1.165) is 11.3 Å². The largest absolute Gasteiger partial charge is 0.507 e. The summed E-state index contributed by atoms with van der Waals surface area (Å²) in [5, 5.41) is 13.0. The number of amides is 1. The Balaban J connectivity index is 1.76. The average molecular weight is 435 g/mol. The van der Waals surface area contributed by atoms with Crippen LogP contribution in [0.1, 0.15) is 35.4 Å². The van der Waals surface area contributed by atoms with Crippen molar-refractivity contribution in [1.29, 1.82) is 0 Å². The van der Waals surface area contributed by atoms with E-state index in [1.165, 1.54) is 16.2 Å². The molecule has 7 heteroatoms. The summed E-state index contributed by atoms with van der Waals surface area (Å²) in [6.07, 6.45) is 4.14. The van der Waals surface area contributed by atoms with Crippen LogP contribution in [0.15, 0.2) is 71.9 Å². The smallest absolute Gasteiger partial charge is 0.295 e. The first kappa shape index (κ1) is 20.8. The molecule has 3 aromatic rings. The minimum Gasteiger partial charge on any atom is -0.507 e. The van der Waals surface area contributed by atoms with Gasteiger partial charge in [-0.05, 0) is 53.8 Å². The molecule has 1 amide bonds. The highest BCUT2D eigenvalue weighted by Crippen LogP contribution is 2.40. The Morgan fingerprint density at radius 1 is 1.16 bits per heavy atom. The molecular formula is C24H22N2O4S. The number of benzene rings is 1. The minimum atomic E-state index is -0.716. The van der Waals surface area contributed by atoms with Crippen LogP contribution in [0.25, 0.3) is 5.76 Å². The van der Waals surface area contributed by atoms with Crippen LogP contribution >= 0.6 is 11.3 Å². The lowest BCUT2D eigenvalue weighted by Crippen LogP contribution is -2.28. The summed E-state index contributed by atoms with van der Waals surface area (Å²) < 4.78 is 5.59. The highest BCUT2D eigenvalue weighted by atomic mass is 32.1. The van der Waals surface area contributed by atoms with Gasteiger partial charge in [-0.25, -0.2) is 0 Å². The van der Waals surface area contributed by atoms with Crippen LogP contribution in [0.2, 0.25) is 0 Å². The zero-order valence-electron chi connectivity index (χ0n) is 17.0. The zero-order chi connectivity index (χ0) is 21.8. The Hall–Kier alpha value is -3.45. The Labute approximate surface area is 184 Å². The molecule has 3 heterocycles. The van der Waals surface area contributed by atoms with Crippen LogP contribution in [0.3, 0.4) is 0 Å². The number of Topliss-reactive ketones (excluding diaryl/α,β-unsaturated/α-hetero) is 1. The zero-order valence-corrected chi connectivity index (χ0v) is 17.8. The average Bonchev–Trinajstić information content (AvgIpc) is 3.40. The molecule has 4 rings (SSSR count). The van der Waals surface area contributed by atoms with Crippen LogP contribution in [-0.2, 0) is 16.1 Å².